The second kappa shape index (κ2) is 7.14. The summed E-state index contributed by atoms with van der Waals surface area (Å²) in [5.41, 5.74) is 2.19. The molecule has 1 atom stereocenters. The van der Waals surface area contributed by atoms with Gasteiger partial charge in [0, 0.05) is 24.4 Å². The summed E-state index contributed by atoms with van der Waals surface area (Å²) in [4.78, 5) is 25.9. The van der Waals surface area contributed by atoms with Crippen molar-refractivity contribution in [2.75, 3.05) is 14.1 Å². The van der Waals surface area contributed by atoms with E-state index in [-0.39, 0.29) is 11.2 Å². The van der Waals surface area contributed by atoms with Gasteiger partial charge in [-0.3, -0.25) is 4.79 Å². The van der Waals surface area contributed by atoms with Crippen LogP contribution in [0.2, 0.25) is 0 Å². The van der Waals surface area contributed by atoms with Gasteiger partial charge in [0.2, 0.25) is 5.91 Å². The first kappa shape index (κ1) is 17.9. The fourth-order valence-electron chi connectivity index (χ4n) is 2.63. The van der Waals surface area contributed by atoms with E-state index in [2.05, 4.69) is 23.8 Å². The van der Waals surface area contributed by atoms with Gasteiger partial charge in [-0.15, -0.1) is 11.3 Å². The van der Waals surface area contributed by atoms with Crippen LogP contribution >= 0.6 is 23.1 Å². The first-order valence-electron chi connectivity index (χ1n) is 8.05. The van der Waals surface area contributed by atoms with Gasteiger partial charge in [0.05, 0.1) is 0 Å². The van der Waals surface area contributed by atoms with Crippen molar-refractivity contribution in [3.05, 3.63) is 52.2 Å². The lowest BCUT2D eigenvalue weighted by molar-refractivity contribution is -0.128. The van der Waals surface area contributed by atoms with Crippen molar-refractivity contribution in [1.82, 2.24) is 14.9 Å². The second-order valence-electron chi connectivity index (χ2n) is 6.18. The molecule has 0 saturated heterocycles. The zero-order valence-electron chi connectivity index (χ0n) is 15.0. The highest BCUT2D eigenvalue weighted by Crippen LogP contribution is 2.41. The zero-order chi connectivity index (χ0) is 18.1. The number of benzene rings is 1. The van der Waals surface area contributed by atoms with Gasteiger partial charge in [-0.1, -0.05) is 42.1 Å². The average molecular weight is 372 g/mol. The Kier molecular flexibility index (Phi) is 5.11. The van der Waals surface area contributed by atoms with Crippen LogP contribution in [0, 0.1) is 20.8 Å². The van der Waals surface area contributed by atoms with Gasteiger partial charge in [0.25, 0.3) is 0 Å². The smallest absolute Gasteiger partial charge is 0.240 e. The summed E-state index contributed by atoms with van der Waals surface area (Å²) in [5.74, 6) is 0.797. The van der Waals surface area contributed by atoms with E-state index in [1.54, 1.807) is 30.3 Å². The van der Waals surface area contributed by atoms with Crippen LogP contribution in [-0.4, -0.2) is 34.9 Å². The monoisotopic (exact) mass is 371 g/mol. The summed E-state index contributed by atoms with van der Waals surface area (Å²) in [5, 5.41) is 1.63. The number of likely N-dealkylation sites (N-methyl/N-ethyl adjacent to an activating group) is 1. The van der Waals surface area contributed by atoms with Crippen LogP contribution in [-0.2, 0) is 4.79 Å². The van der Waals surface area contributed by atoms with Crippen molar-refractivity contribution >= 4 is 39.2 Å². The molecule has 4 nitrogen and oxygen atoms in total. The Labute approximate surface area is 156 Å². The van der Waals surface area contributed by atoms with Crippen molar-refractivity contribution < 1.29 is 4.79 Å². The van der Waals surface area contributed by atoms with Crippen LogP contribution < -0.4 is 0 Å². The number of rotatable bonds is 4. The standard InChI is InChI=1S/C19H21N3OS2/c1-11-12(2)24-17-15(11)18(21-13(3)20-17)25-16(19(23)22(4)5)14-9-7-6-8-10-14/h6-10,16H,1-5H3/t16-/m1/s1. The van der Waals surface area contributed by atoms with E-state index in [9.17, 15) is 4.79 Å². The topological polar surface area (TPSA) is 46.1 Å². The molecule has 0 aliphatic rings. The summed E-state index contributed by atoms with van der Waals surface area (Å²) in [6, 6.07) is 9.89. The normalized spacial score (nSPS) is 12.4. The molecule has 0 unspecified atom stereocenters. The Morgan fingerprint density at radius 1 is 1.12 bits per heavy atom. The number of carbonyl (C=O) groups excluding carboxylic acids is 1. The molecule has 3 rings (SSSR count). The Bertz CT molecular complexity index is 919. The predicted octanol–water partition coefficient (Wildman–Crippen LogP) is 4.54. The van der Waals surface area contributed by atoms with Gasteiger partial charge in [-0.2, -0.15) is 0 Å². The molecule has 2 aromatic heterocycles. The van der Waals surface area contributed by atoms with E-state index in [0.29, 0.717) is 0 Å². The number of aryl methyl sites for hydroxylation is 3. The van der Waals surface area contributed by atoms with Gasteiger partial charge < -0.3 is 4.90 Å². The molecule has 6 heteroatoms. The first-order chi connectivity index (χ1) is 11.9. The first-order valence-corrected chi connectivity index (χ1v) is 9.75. The van der Waals surface area contributed by atoms with Crippen molar-refractivity contribution in [2.24, 2.45) is 0 Å². The molecule has 1 aromatic carbocycles. The van der Waals surface area contributed by atoms with Crippen molar-refractivity contribution in [3.63, 3.8) is 0 Å². The number of fused-ring (bicyclic) bond motifs is 1. The summed E-state index contributed by atoms with van der Waals surface area (Å²) in [6.07, 6.45) is 0. The maximum atomic E-state index is 12.8. The molecule has 0 spiro atoms. The fourth-order valence-corrected chi connectivity index (χ4v) is 5.15. The Morgan fingerprint density at radius 3 is 2.44 bits per heavy atom. The Morgan fingerprint density at radius 2 is 1.80 bits per heavy atom. The number of thioether (sulfide) groups is 1. The van der Waals surface area contributed by atoms with E-state index >= 15 is 0 Å². The van der Waals surface area contributed by atoms with Gasteiger partial charge >= 0.3 is 0 Å². The van der Waals surface area contributed by atoms with E-state index in [1.807, 2.05) is 37.3 Å². The Balaban J connectivity index is 2.11. The number of aromatic nitrogens is 2. The fraction of sp³-hybridized carbons (Fsp3) is 0.316. The van der Waals surface area contributed by atoms with E-state index < -0.39 is 0 Å². The van der Waals surface area contributed by atoms with Crippen LogP contribution in [0.5, 0.6) is 0 Å². The maximum Gasteiger partial charge on any atom is 0.240 e. The highest BCUT2D eigenvalue weighted by molar-refractivity contribution is 8.00. The van der Waals surface area contributed by atoms with Crippen LogP contribution in [0.25, 0.3) is 10.2 Å². The van der Waals surface area contributed by atoms with Gasteiger partial charge in [-0.05, 0) is 31.9 Å². The average Bonchev–Trinajstić information content (AvgIpc) is 2.86. The molecule has 130 valence electrons. The lowest BCUT2D eigenvalue weighted by atomic mass is 10.1. The third kappa shape index (κ3) is 3.55. The molecule has 25 heavy (non-hydrogen) atoms. The largest absolute Gasteiger partial charge is 0.348 e. The maximum absolute atomic E-state index is 12.8. The molecular formula is C19H21N3OS2. The van der Waals surface area contributed by atoms with E-state index in [0.717, 1.165) is 26.6 Å². The summed E-state index contributed by atoms with van der Waals surface area (Å²) >= 11 is 3.20. The van der Waals surface area contributed by atoms with Crippen LogP contribution in [0.1, 0.15) is 27.1 Å². The molecule has 0 aliphatic heterocycles. The molecule has 0 saturated carbocycles. The SMILES string of the molecule is Cc1nc(S[C@@H](C(=O)N(C)C)c2ccccc2)c2c(C)c(C)sc2n1. The highest BCUT2D eigenvalue weighted by atomic mass is 32.2. The molecule has 1 amide bonds. The number of nitrogens with zero attached hydrogens (tertiary/aromatic N) is 3. The lowest BCUT2D eigenvalue weighted by Gasteiger charge is -2.20. The Hall–Kier alpha value is -1.92. The number of amides is 1. The van der Waals surface area contributed by atoms with Crippen LogP contribution in [0.15, 0.2) is 35.4 Å². The van der Waals surface area contributed by atoms with Gasteiger partial charge in [0.1, 0.15) is 20.9 Å². The third-order valence-corrected chi connectivity index (χ3v) is 6.43. The highest BCUT2D eigenvalue weighted by Gasteiger charge is 2.26. The molecule has 0 radical (unpaired) electrons. The van der Waals surface area contributed by atoms with Crippen LogP contribution in [0.3, 0.4) is 0 Å². The van der Waals surface area contributed by atoms with Crippen LogP contribution in [0.4, 0.5) is 0 Å². The third-order valence-electron chi connectivity index (χ3n) is 4.10. The summed E-state index contributed by atoms with van der Waals surface area (Å²) < 4.78 is 0. The minimum absolute atomic E-state index is 0.0604. The predicted molar refractivity (Wildman–Crippen MR) is 105 cm³/mol. The lowest BCUT2D eigenvalue weighted by Crippen LogP contribution is -2.26. The molecule has 0 aliphatic carbocycles. The quantitative estimate of drug-likeness (QED) is 0.499. The molecule has 3 aromatic rings. The van der Waals surface area contributed by atoms with Gasteiger partial charge in [0.15, 0.2) is 0 Å². The zero-order valence-corrected chi connectivity index (χ0v) is 16.7. The molecular weight excluding hydrogens is 350 g/mol. The van der Waals surface area contributed by atoms with Crippen molar-refractivity contribution in [3.8, 4) is 0 Å². The summed E-state index contributed by atoms with van der Waals surface area (Å²) in [6.45, 7) is 6.10. The summed E-state index contributed by atoms with van der Waals surface area (Å²) in [7, 11) is 3.58. The van der Waals surface area contributed by atoms with Crippen molar-refractivity contribution in [1.29, 1.82) is 0 Å². The molecule has 0 N–H and O–H groups in total. The van der Waals surface area contributed by atoms with Crippen molar-refractivity contribution in [2.45, 2.75) is 31.0 Å². The minimum atomic E-state index is -0.326. The van der Waals surface area contributed by atoms with E-state index in [1.165, 1.54) is 22.2 Å². The number of hydrogen-bond acceptors (Lipinski definition) is 5. The van der Waals surface area contributed by atoms with E-state index in [4.69, 9.17) is 0 Å². The number of carbonyl (C=O) groups is 1. The minimum Gasteiger partial charge on any atom is -0.348 e. The second-order valence-corrected chi connectivity index (χ2v) is 8.48. The van der Waals surface area contributed by atoms with Gasteiger partial charge in [-0.25, -0.2) is 9.97 Å². The molecule has 0 bridgehead atoms. The molecule has 0 fully saturated rings. The number of thiophene rings is 1. The molecule has 2 heterocycles. The number of hydrogen-bond donors (Lipinski definition) is 0.